The summed E-state index contributed by atoms with van der Waals surface area (Å²) in [7, 11) is -1.51. The van der Waals surface area contributed by atoms with E-state index < -0.39 is 38.6 Å². The van der Waals surface area contributed by atoms with Gasteiger partial charge in [0.2, 0.25) is 5.91 Å². The first kappa shape index (κ1) is 21.4. The first-order chi connectivity index (χ1) is 13.0. The summed E-state index contributed by atoms with van der Waals surface area (Å²) in [5.74, 6) is -2.33. The number of rotatable bonds is 6. The molecule has 28 heavy (non-hydrogen) atoms. The molecule has 0 aliphatic rings. The van der Waals surface area contributed by atoms with Crippen LogP contribution < -0.4 is 16.4 Å². The van der Waals surface area contributed by atoms with Gasteiger partial charge in [-0.2, -0.15) is 0 Å². The van der Waals surface area contributed by atoms with E-state index in [1.54, 1.807) is 13.8 Å². The monoisotopic (exact) mass is 411 g/mol. The number of hydrogen-bond acceptors (Lipinski definition) is 7. The molecule has 10 nitrogen and oxygen atoms in total. The number of sulfone groups is 1. The molecule has 1 heterocycles. The molecule has 2 rings (SSSR count). The van der Waals surface area contributed by atoms with Crippen LogP contribution in [0, 0.1) is 0 Å². The molecule has 0 saturated carbocycles. The van der Waals surface area contributed by atoms with E-state index in [9.17, 15) is 27.6 Å². The van der Waals surface area contributed by atoms with E-state index in [2.05, 4.69) is 5.32 Å². The number of aryl methyl sites for hydroxylation is 2. The van der Waals surface area contributed by atoms with Crippen molar-refractivity contribution < 1.29 is 22.7 Å². The first-order valence-electron chi connectivity index (χ1n) is 8.45. The molecule has 0 atom stereocenters. The van der Waals surface area contributed by atoms with Gasteiger partial charge < -0.3 is 19.2 Å². The lowest BCUT2D eigenvalue weighted by molar-refractivity contribution is -0.140. The molecule has 0 radical (unpaired) electrons. The van der Waals surface area contributed by atoms with Crippen LogP contribution in [0.15, 0.2) is 26.6 Å². The second-order valence-corrected chi connectivity index (χ2v) is 7.99. The van der Waals surface area contributed by atoms with Crippen LogP contribution in [-0.2, 0) is 38.3 Å². The quantitative estimate of drug-likeness (QED) is 0.519. The van der Waals surface area contributed by atoms with E-state index in [1.807, 2.05) is 0 Å². The predicted octanol–water partition coefficient (Wildman–Crippen LogP) is -0.0775. The van der Waals surface area contributed by atoms with E-state index in [1.165, 1.54) is 20.2 Å². The number of anilines is 1. The van der Waals surface area contributed by atoms with Crippen molar-refractivity contribution in [2.24, 2.45) is 14.1 Å². The van der Waals surface area contributed by atoms with Gasteiger partial charge in [-0.1, -0.05) is 6.92 Å². The largest absolute Gasteiger partial charge is 0.465 e. The molecule has 2 aromatic rings. The minimum Gasteiger partial charge on any atom is -0.465 e. The molecule has 0 aliphatic carbocycles. The van der Waals surface area contributed by atoms with Crippen molar-refractivity contribution in [1.29, 1.82) is 0 Å². The maximum atomic E-state index is 12.8. The van der Waals surface area contributed by atoms with Gasteiger partial charge in [-0.15, -0.1) is 0 Å². The van der Waals surface area contributed by atoms with Gasteiger partial charge in [-0.05, 0) is 19.1 Å². The van der Waals surface area contributed by atoms with Crippen LogP contribution >= 0.6 is 0 Å². The van der Waals surface area contributed by atoms with Crippen molar-refractivity contribution in [3.05, 3.63) is 32.8 Å². The van der Waals surface area contributed by atoms with Crippen molar-refractivity contribution >= 4 is 38.4 Å². The van der Waals surface area contributed by atoms with E-state index in [0.29, 0.717) is 0 Å². The number of ether oxygens (including phenoxy) is 1. The molecule has 0 fully saturated rings. The number of nitrogens with zero attached hydrogens (tertiary/aromatic N) is 2. The fraction of sp³-hybridized carbons (Fsp3) is 0.412. The Morgan fingerprint density at radius 1 is 1.04 bits per heavy atom. The molecule has 1 amide bonds. The molecule has 0 spiro atoms. The highest BCUT2D eigenvalue weighted by Gasteiger charge is 2.26. The smallest absolute Gasteiger partial charge is 0.321 e. The van der Waals surface area contributed by atoms with E-state index in [4.69, 9.17) is 4.74 Å². The van der Waals surface area contributed by atoms with E-state index in [0.717, 1.165) is 15.2 Å². The summed E-state index contributed by atoms with van der Waals surface area (Å²) < 4.78 is 32.4. The molecule has 11 heteroatoms. The van der Waals surface area contributed by atoms with Gasteiger partial charge in [0.15, 0.2) is 15.6 Å². The summed E-state index contributed by atoms with van der Waals surface area (Å²) in [6.45, 7) is 3.15. The zero-order chi connectivity index (χ0) is 21.2. The van der Waals surface area contributed by atoms with Crippen molar-refractivity contribution in [2.45, 2.75) is 25.2 Å². The molecular formula is C17H21N3O7S. The molecule has 0 aliphatic heterocycles. The topological polar surface area (TPSA) is 134 Å². The summed E-state index contributed by atoms with van der Waals surface area (Å²) in [4.78, 5) is 47.4. The predicted molar refractivity (Wildman–Crippen MR) is 102 cm³/mol. The Kier molecular flexibility index (Phi) is 6.07. The summed E-state index contributed by atoms with van der Waals surface area (Å²) in [5.41, 5.74) is -1.33. The Labute approximate surface area is 160 Å². The Bertz CT molecular complexity index is 1180. The lowest BCUT2D eigenvalue weighted by Crippen LogP contribution is -2.39. The highest BCUT2D eigenvalue weighted by Crippen LogP contribution is 2.28. The lowest BCUT2D eigenvalue weighted by Gasteiger charge is -2.16. The van der Waals surface area contributed by atoms with Gasteiger partial charge in [0.25, 0.3) is 0 Å². The summed E-state index contributed by atoms with van der Waals surface area (Å²) in [6, 6.07) is 2.46. The molecule has 1 aromatic heterocycles. The number of esters is 1. The molecule has 0 bridgehead atoms. The van der Waals surface area contributed by atoms with Crippen molar-refractivity contribution in [2.75, 3.05) is 17.7 Å². The van der Waals surface area contributed by atoms with Crippen LogP contribution in [0.3, 0.4) is 0 Å². The molecule has 1 N–H and O–H groups in total. The zero-order valence-electron chi connectivity index (χ0n) is 15.9. The fourth-order valence-electron chi connectivity index (χ4n) is 2.63. The SMILES string of the molecule is CCOC(=O)CS(=O)(=O)c1cc2c(cc1NC(=O)CC)n(C)c(=O)c(=O)n2C. The van der Waals surface area contributed by atoms with Crippen LogP contribution in [0.1, 0.15) is 20.3 Å². The molecule has 0 unspecified atom stereocenters. The Balaban J connectivity index is 2.83. The van der Waals surface area contributed by atoms with Crippen molar-refractivity contribution in [3.63, 3.8) is 0 Å². The fourth-order valence-corrected chi connectivity index (χ4v) is 3.92. The number of nitrogens with one attached hydrogen (secondary N) is 1. The standard InChI is InChI=1S/C17H21N3O7S/c1-5-14(21)18-10-7-11-12(20(4)17(24)16(23)19(11)3)8-13(10)28(25,26)9-15(22)27-6-2/h7-8H,5-6,9H2,1-4H3,(H,18,21). The van der Waals surface area contributed by atoms with Gasteiger partial charge >= 0.3 is 17.1 Å². The van der Waals surface area contributed by atoms with Crippen molar-refractivity contribution in [3.8, 4) is 0 Å². The summed E-state index contributed by atoms with van der Waals surface area (Å²) in [5, 5.41) is 2.47. The van der Waals surface area contributed by atoms with Crippen LogP contribution in [0.2, 0.25) is 0 Å². The highest BCUT2D eigenvalue weighted by molar-refractivity contribution is 7.92. The minimum absolute atomic E-state index is 0.0160. The molecule has 0 saturated heterocycles. The minimum atomic E-state index is -4.20. The average Bonchev–Trinajstić information content (AvgIpc) is 2.63. The average molecular weight is 411 g/mol. The van der Waals surface area contributed by atoms with Gasteiger partial charge in [0.1, 0.15) is 0 Å². The second-order valence-electron chi connectivity index (χ2n) is 6.03. The highest BCUT2D eigenvalue weighted by atomic mass is 32.2. The number of hydrogen-bond donors (Lipinski definition) is 1. The van der Waals surface area contributed by atoms with Gasteiger partial charge in [0.05, 0.1) is 28.2 Å². The van der Waals surface area contributed by atoms with Gasteiger partial charge in [-0.25, -0.2) is 8.42 Å². The van der Waals surface area contributed by atoms with Gasteiger partial charge in [-0.3, -0.25) is 19.2 Å². The van der Waals surface area contributed by atoms with Gasteiger partial charge in [0, 0.05) is 20.5 Å². The Morgan fingerprint density at radius 3 is 2.07 bits per heavy atom. The number of carbonyl (C=O) groups excluding carboxylic acids is 2. The third kappa shape index (κ3) is 3.98. The summed E-state index contributed by atoms with van der Waals surface area (Å²) >= 11 is 0. The Morgan fingerprint density at radius 2 is 1.57 bits per heavy atom. The maximum Gasteiger partial charge on any atom is 0.321 e. The summed E-state index contributed by atoms with van der Waals surface area (Å²) in [6.07, 6.45) is 0.0849. The second kappa shape index (κ2) is 7.97. The third-order valence-corrected chi connectivity index (χ3v) is 5.76. The number of aromatic nitrogens is 2. The molecule has 1 aromatic carbocycles. The number of amides is 1. The van der Waals surface area contributed by atoms with Crippen LogP contribution in [0.4, 0.5) is 5.69 Å². The zero-order valence-corrected chi connectivity index (χ0v) is 16.8. The molecule has 152 valence electrons. The maximum absolute atomic E-state index is 12.8. The normalized spacial score (nSPS) is 11.4. The first-order valence-corrected chi connectivity index (χ1v) is 10.1. The van der Waals surface area contributed by atoms with Crippen LogP contribution in [-0.4, -0.2) is 41.8 Å². The lowest BCUT2D eigenvalue weighted by atomic mass is 10.2. The van der Waals surface area contributed by atoms with E-state index >= 15 is 0 Å². The van der Waals surface area contributed by atoms with E-state index in [-0.39, 0.29) is 34.6 Å². The Hall–Kier alpha value is -2.95. The van der Waals surface area contributed by atoms with Crippen LogP contribution in [0.25, 0.3) is 11.0 Å². The number of fused-ring (bicyclic) bond motifs is 1. The van der Waals surface area contributed by atoms with Crippen molar-refractivity contribution in [1.82, 2.24) is 9.13 Å². The molecular weight excluding hydrogens is 390 g/mol. The number of carbonyl (C=O) groups is 2. The number of benzene rings is 1. The third-order valence-electron chi connectivity index (χ3n) is 4.14. The van der Waals surface area contributed by atoms with Crippen LogP contribution in [0.5, 0.6) is 0 Å².